The number of thioether (sulfide) groups is 1. The van der Waals surface area contributed by atoms with Gasteiger partial charge in [-0.05, 0) is 36.1 Å². The number of carbonyl (C=O) groups is 1. The molecule has 3 aromatic rings. The molecule has 0 aliphatic rings. The van der Waals surface area contributed by atoms with E-state index in [1.807, 2.05) is 37.3 Å². The number of aromatic nitrogens is 2. The highest BCUT2D eigenvalue weighted by molar-refractivity contribution is 7.99. The highest BCUT2D eigenvalue weighted by Crippen LogP contribution is 2.28. The Bertz CT molecular complexity index is 1120. The molecule has 1 aromatic heterocycles. The van der Waals surface area contributed by atoms with Crippen LogP contribution in [0.2, 0.25) is 0 Å². The highest BCUT2D eigenvalue weighted by Gasteiger charge is 2.15. The number of carbonyl (C=O) groups excluding carboxylic acids is 1. The van der Waals surface area contributed by atoms with Crippen molar-refractivity contribution in [2.45, 2.75) is 38.4 Å². The van der Waals surface area contributed by atoms with Crippen molar-refractivity contribution < 1.29 is 4.79 Å². The molecule has 0 bridgehead atoms. The van der Waals surface area contributed by atoms with E-state index in [1.165, 1.54) is 11.8 Å². The number of rotatable bonds is 7. The average molecular weight is 408 g/mol. The Balaban J connectivity index is 1.84. The number of benzene rings is 2. The minimum Gasteiger partial charge on any atom is -0.325 e. The molecule has 29 heavy (non-hydrogen) atoms. The van der Waals surface area contributed by atoms with Crippen molar-refractivity contribution in [1.82, 2.24) is 9.55 Å². The molecule has 5 nitrogen and oxygen atoms in total. The van der Waals surface area contributed by atoms with Gasteiger partial charge in [0, 0.05) is 12.2 Å². The fourth-order valence-electron chi connectivity index (χ4n) is 3.20. The molecule has 1 heterocycles. The van der Waals surface area contributed by atoms with Crippen molar-refractivity contribution in [3.8, 4) is 0 Å². The molecular formula is C23H25N3O2S. The number of fused-ring (bicyclic) bond motifs is 1. The maximum absolute atomic E-state index is 12.8. The summed E-state index contributed by atoms with van der Waals surface area (Å²) in [5, 5.41) is 4.11. The van der Waals surface area contributed by atoms with Crippen LogP contribution in [0.3, 0.4) is 0 Å². The van der Waals surface area contributed by atoms with Gasteiger partial charge >= 0.3 is 0 Å². The lowest BCUT2D eigenvalue weighted by Gasteiger charge is -2.16. The van der Waals surface area contributed by atoms with Crippen LogP contribution in [-0.2, 0) is 11.3 Å². The van der Waals surface area contributed by atoms with E-state index in [-0.39, 0.29) is 17.2 Å². The Morgan fingerprint density at radius 1 is 1.24 bits per heavy atom. The van der Waals surface area contributed by atoms with Crippen molar-refractivity contribution in [2.24, 2.45) is 0 Å². The van der Waals surface area contributed by atoms with Gasteiger partial charge in [0.15, 0.2) is 5.16 Å². The van der Waals surface area contributed by atoms with Gasteiger partial charge in [0.2, 0.25) is 5.91 Å². The minimum absolute atomic E-state index is 0.126. The zero-order valence-electron chi connectivity index (χ0n) is 16.9. The summed E-state index contributed by atoms with van der Waals surface area (Å²) in [5.41, 5.74) is 3.50. The molecular weight excluding hydrogens is 382 g/mol. The summed E-state index contributed by atoms with van der Waals surface area (Å²) in [5.74, 6) is 0.338. The zero-order chi connectivity index (χ0) is 21.0. The van der Waals surface area contributed by atoms with Gasteiger partial charge in [-0.1, -0.05) is 62.0 Å². The SMILES string of the molecule is C=CCn1c(SCC(=O)Nc2c(C)cccc2C(C)C)nc2ccccc2c1=O. The van der Waals surface area contributed by atoms with E-state index in [0.29, 0.717) is 28.5 Å². The van der Waals surface area contributed by atoms with E-state index in [0.717, 1.165) is 16.8 Å². The molecule has 150 valence electrons. The van der Waals surface area contributed by atoms with Gasteiger partial charge in [0.05, 0.1) is 16.7 Å². The van der Waals surface area contributed by atoms with Crippen LogP contribution in [-0.4, -0.2) is 21.2 Å². The van der Waals surface area contributed by atoms with Crippen molar-refractivity contribution in [2.75, 3.05) is 11.1 Å². The molecule has 0 saturated heterocycles. The van der Waals surface area contributed by atoms with Gasteiger partial charge in [0.1, 0.15) is 0 Å². The van der Waals surface area contributed by atoms with E-state index >= 15 is 0 Å². The maximum Gasteiger partial charge on any atom is 0.262 e. The predicted octanol–water partition coefficient (Wildman–Crippen LogP) is 4.75. The summed E-state index contributed by atoms with van der Waals surface area (Å²) in [7, 11) is 0. The first-order valence-electron chi connectivity index (χ1n) is 9.55. The Hall–Kier alpha value is -2.86. The first-order chi connectivity index (χ1) is 13.9. The van der Waals surface area contributed by atoms with Gasteiger partial charge in [-0.2, -0.15) is 0 Å². The van der Waals surface area contributed by atoms with Crippen molar-refractivity contribution in [3.05, 3.63) is 76.6 Å². The van der Waals surface area contributed by atoms with Crippen LogP contribution in [0.5, 0.6) is 0 Å². The number of amides is 1. The third-order valence-corrected chi connectivity index (χ3v) is 5.64. The number of allylic oxidation sites excluding steroid dienone is 1. The third-order valence-electron chi connectivity index (χ3n) is 4.66. The van der Waals surface area contributed by atoms with Gasteiger partial charge in [-0.25, -0.2) is 4.98 Å². The smallest absolute Gasteiger partial charge is 0.262 e. The Kier molecular flexibility index (Phi) is 6.54. The molecule has 0 radical (unpaired) electrons. The number of hydrogen-bond donors (Lipinski definition) is 1. The van der Waals surface area contributed by atoms with Crippen molar-refractivity contribution in [1.29, 1.82) is 0 Å². The van der Waals surface area contributed by atoms with E-state index in [1.54, 1.807) is 22.8 Å². The number of nitrogens with one attached hydrogen (secondary N) is 1. The van der Waals surface area contributed by atoms with E-state index in [4.69, 9.17) is 0 Å². The molecule has 0 aliphatic carbocycles. The van der Waals surface area contributed by atoms with Crippen LogP contribution in [0.4, 0.5) is 5.69 Å². The summed E-state index contributed by atoms with van der Waals surface area (Å²) in [4.78, 5) is 30.1. The van der Waals surface area contributed by atoms with Crippen molar-refractivity contribution in [3.63, 3.8) is 0 Å². The van der Waals surface area contributed by atoms with E-state index in [9.17, 15) is 9.59 Å². The lowest BCUT2D eigenvalue weighted by atomic mass is 9.98. The van der Waals surface area contributed by atoms with Crippen LogP contribution < -0.4 is 10.9 Å². The van der Waals surface area contributed by atoms with Crippen LogP contribution in [0.25, 0.3) is 10.9 Å². The van der Waals surface area contributed by atoms with Crippen LogP contribution in [0.15, 0.2) is 65.1 Å². The zero-order valence-corrected chi connectivity index (χ0v) is 17.8. The molecule has 6 heteroatoms. The molecule has 1 amide bonds. The standard InChI is InChI=1S/C23H25N3O2S/c1-5-13-26-22(28)18-10-6-7-12-19(18)24-23(26)29-14-20(27)25-21-16(4)9-8-11-17(21)15(2)3/h5-12,15H,1,13-14H2,2-4H3,(H,25,27). The molecule has 0 unspecified atom stereocenters. The van der Waals surface area contributed by atoms with Gasteiger partial charge < -0.3 is 5.32 Å². The largest absolute Gasteiger partial charge is 0.325 e. The molecule has 0 fully saturated rings. The summed E-state index contributed by atoms with van der Waals surface area (Å²) < 4.78 is 1.56. The summed E-state index contributed by atoms with van der Waals surface area (Å²) in [6, 6.07) is 13.3. The second-order valence-corrected chi connectivity index (χ2v) is 8.09. The normalized spacial score (nSPS) is 11.0. The monoisotopic (exact) mass is 407 g/mol. The number of nitrogens with zero attached hydrogens (tertiary/aromatic N) is 2. The number of hydrogen-bond acceptors (Lipinski definition) is 4. The molecule has 0 spiro atoms. The molecule has 0 saturated carbocycles. The molecule has 1 N–H and O–H groups in total. The van der Waals surface area contributed by atoms with Crippen LogP contribution in [0, 0.1) is 6.92 Å². The molecule has 0 aliphatic heterocycles. The van der Waals surface area contributed by atoms with Gasteiger partial charge in [-0.3, -0.25) is 14.2 Å². The van der Waals surface area contributed by atoms with Crippen LogP contribution in [0.1, 0.15) is 30.9 Å². The first-order valence-corrected chi connectivity index (χ1v) is 10.5. The summed E-state index contributed by atoms with van der Waals surface area (Å²) >= 11 is 1.26. The lowest BCUT2D eigenvalue weighted by Crippen LogP contribution is -2.24. The van der Waals surface area contributed by atoms with E-state index in [2.05, 4.69) is 30.7 Å². The van der Waals surface area contributed by atoms with Gasteiger partial charge in [0.25, 0.3) is 5.56 Å². The second kappa shape index (κ2) is 9.09. The predicted molar refractivity (Wildman–Crippen MR) is 121 cm³/mol. The summed E-state index contributed by atoms with van der Waals surface area (Å²) in [6.45, 7) is 10.3. The number of aryl methyl sites for hydroxylation is 1. The van der Waals surface area contributed by atoms with Gasteiger partial charge in [-0.15, -0.1) is 6.58 Å². The fourth-order valence-corrected chi connectivity index (χ4v) is 4.00. The fraction of sp³-hybridized carbons (Fsp3) is 0.261. The quantitative estimate of drug-likeness (QED) is 0.349. The molecule has 0 atom stereocenters. The summed E-state index contributed by atoms with van der Waals surface area (Å²) in [6.07, 6.45) is 1.66. The maximum atomic E-state index is 12.8. The number of anilines is 1. The number of para-hydroxylation sites is 2. The topological polar surface area (TPSA) is 64.0 Å². The Morgan fingerprint density at radius 3 is 2.72 bits per heavy atom. The van der Waals surface area contributed by atoms with Crippen molar-refractivity contribution >= 4 is 34.3 Å². The highest BCUT2D eigenvalue weighted by atomic mass is 32.2. The Morgan fingerprint density at radius 2 is 2.00 bits per heavy atom. The average Bonchev–Trinajstić information content (AvgIpc) is 2.70. The minimum atomic E-state index is -0.126. The van der Waals surface area contributed by atoms with Crippen LogP contribution >= 0.6 is 11.8 Å². The second-order valence-electron chi connectivity index (χ2n) is 7.15. The molecule has 2 aromatic carbocycles. The third kappa shape index (κ3) is 4.59. The van der Waals surface area contributed by atoms with E-state index < -0.39 is 0 Å². The molecule has 3 rings (SSSR count). The lowest BCUT2D eigenvalue weighted by molar-refractivity contribution is -0.113. The first kappa shape index (κ1) is 20.9. The Labute approximate surface area is 174 Å².